The molecule has 0 radical (unpaired) electrons. The molecule has 0 saturated heterocycles. The van der Waals surface area contributed by atoms with Crippen molar-refractivity contribution in [1.29, 1.82) is 0 Å². The number of H-pyrrole nitrogens is 1. The third kappa shape index (κ3) is 4.51. The lowest BCUT2D eigenvalue weighted by Crippen LogP contribution is -1.98. The summed E-state index contributed by atoms with van der Waals surface area (Å²) in [6, 6.07) is 18.4. The van der Waals surface area contributed by atoms with E-state index < -0.39 is 0 Å². The number of nitrogens with zero attached hydrogens (tertiary/aromatic N) is 2. The van der Waals surface area contributed by atoms with Crippen LogP contribution in [-0.2, 0) is 13.1 Å². The van der Waals surface area contributed by atoms with Gasteiger partial charge in [0.25, 0.3) is 0 Å². The number of anilines is 2. The van der Waals surface area contributed by atoms with Crippen LogP contribution in [0.25, 0.3) is 11.3 Å². The number of halogens is 1. The summed E-state index contributed by atoms with van der Waals surface area (Å²) in [6.45, 7) is 1.39. The molecular formula is C20H18FN5S. The maximum atomic E-state index is 13.0. The first kappa shape index (κ1) is 17.2. The van der Waals surface area contributed by atoms with Crippen LogP contribution in [0.3, 0.4) is 0 Å². The smallest absolute Gasteiger partial charge is 0.183 e. The molecule has 2 aromatic heterocycles. The van der Waals surface area contributed by atoms with Gasteiger partial charge < -0.3 is 10.6 Å². The molecule has 0 atom stereocenters. The van der Waals surface area contributed by atoms with E-state index >= 15 is 0 Å². The van der Waals surface area contributed by atoms with Gasteiger partial charge in [0.1, 0.15) is 11.6 Å². The van der Waals surface area contributed by atoms with Gasteiger partial charge in [-0.05, 0) is 35.4 Å². The van der Waals surface area contributed by atoms with Gasteiger partial charge >= 0.3 is 0 Å². The van der Waals surface area contributed by atoms with Crippen molar-refractivity contribution in [3.63, 3.8) is 0 Å². The highest BCUT2D eigenvalue weighted by Gasteiger charge is 2.06. The minimum atomic E-state index is -0.251. The second-order valence-electron chi connectivity index (χ2n) is 6.00. The highest BCUT2D eigenvalue weighted by Crippen LogP contribution is 2.22. The molecule has 4 rings (SSSR count). The molecule has 2 heterocycles. The van der Waals surface area contributed by atoms with E-state index in [1.54, 1.807) is 23.5 Å². The third-order valence-electron chi connectivity index (χ3n) is 4.02. The highest BCUT2D eigenvalue weighted by atomic mass is 32.1. The molecule has 0 fully saturated rings. The second-order valence-corrected chi connectivity index (χ2v) is 7.11. The van der Waals surface area contributed by atoms with Crippen molar-refractivity contribution in [1.82, 2.24) is 15.2 Å². The molecular weight excluding hydrogens is 361 g/mol. The molecule has 0 unspecified atom stereocenters. The third-order valence-corrected chi connectivity index (χ3v) is 4.97. The van der Waals surface area contributed by atoms with Crippen molar-refractivity contribution in [2.24, 2.45) is 0 Å². The molecule has 2 aromatic carbocycles. The molecule has 5 nitrogen and oxygen atoms in total. The molecule has 0 aliphatic rings. The fourth-order valence-electron chi connectivity index (χ4n) is 2.61. The number of thiazole rings is 1. The summed E-state index contributed by atoms with van der Waals surface area (Å²) >= 11 is 1.61. The lowest BCUT2D eigenvalue weighted by atomic mass is 10.1. The number of hydrogen-bond donors (Lipinski definition) is 3. The Bertz CT molecular complexity index is 995. The van der Waals surface area contributed by atoms with Crippen molar-refractivity contribution in [3.05, 3.63) is 83.1 Å². The standard InChI is InChI=1S/C20H18FN5S/c21-16-8-6-15(7-9-16)18-10-19(26-25-18)22-12-17-13-24-20(27-17)23-11-14-4-2-1-3-5-14/h1-10,13H,11-12H2,(H,23,24)(H2,22,25,26). The lowest BCUT2D eigenvalue weighted by Gasteiger charge is -2.02. The van der Waals surface area contributed by atoms with Gasteiger partial charge in [-0.1, -0.05) is 30.3 Å². The first-order valence-corrected chi connectivity index (χ1v) is 9.36. The molecule has 7 heteroatoms. The number of benzene rings is 2. The van der Waals surface area contributed by atoms with Crippen LogP contribution in [0.4, 0.5) is 15.3 Å². The van der Waals surface area contributed by atoms with Gasteiger partial charge in [-0.15, -0.1) is 11.3 Å². The topological polar surface area (TPSA) is 65.6 Å². The summed E-state index contributed by atoms with van der Waals surface area (Å²) in [5, 5.41) is 14.7. The predicted molar refractivity (Wildman–Crippen MR) is 107 cm³/mol. The van der Waals surface area contributed by atoms with Crippen molar-refractivity contribution >= 4 is 22.3 Å². The molecule has 136 valence electrons. The lowest BCUT2D eigenvalue weighted by molar-refractivity contribution is 0.628. The molecule has 3 N–H and O–H groups in total. The van der Waals surface area contributed by atoms with Crippen LogP contribution in [0.5, 0.6) is 0 Å². The van der Waals surface area contributed by atoms with Crippen LogP contribution in [0.15, 0.2) is 66.9 Å². The van der Waals surface area contributed by atoms with Gasteiger partial charge in [-0.2, -0.15) is 5.10 Å². The Morgan fingerprint density at radius 1 is 0.963 bits per heavy atom. The van der Waals surface area contributed by atoms with Crippen LogP contribution >= 0.6 is 11.3 Å². The number of aromatic nitrogens is 3. The Balaban J connectivity index is 1.32. The summed E-state index contributed by atoms with van der Waals surface area (Å²) in [5.74, 6) is 0.486. The molecule has 0 spiro atoms. The zero-order valence-corrected chi connectivity index (χ0v) is 15.3. The number of aromatic amines is 1. The van der Waals surface area contributed by atoms with Crippen LogP contribution in [0.1, 0.15) is 10.4 Å². The molecule has 0 amide bonds. The Morgan fingerprint density at radius 3 is 2.59 bits per heavy atom. The Morgan fingerprint density at radius 2 is 1.78 bits per heavy atom. The first-order chi connectivity index (χ1) is 13.3. The monoisotopic (exact) mass is 379 g/mol. The fraction of sp³-hybridized carbons (Fsp3) is 0.100. The SMILES string of the molecule is Fc1ccc(-c2cc(NCc3cnc(NCc4ccccc4)s3)n[nH]2)cc1. The van der Waals surface area contributed by atoms with E-state index in [1.807, 2.05) is 30.5 Å². The van der Waals surface area contributed by atoms with E-state index in [2.05, 4.69) is 37.9 Å². The zero-order valence-electron chi connectivity index (χ0n) is 14.4. The maximum absolute atomic E-state index is 13.0. The predicted octanol–water partition coefficient (Wildman–Crippen LogP) is 4.90. The minimum Gasteiger partial charge on any atom is -0.364 e. The number of nitrogens with one attached hydrogen (secondary N) is 3. The fourth-order valence-corrected chi connectivity index (χ4v) is 3.36. The second kappa shape index (κ2) is 8.01. The normalized spacial score (nSPS) is 10.7. The van der Waals surface area contributed by atoms with Crippen molar-refractivity contribution in [2.75, 3.05) is 10.6 Å². The van der Waals surface area contributed by atoms with E-state index in [-0.39, 0.29) is 5.82 Å². The average Bonchev–Trinajstić information content (AvgIpc) is 3.36. The number of hydrogen-bond acceptors (Lipinski definition) is 5. The van der Waals surface area contributed by atoms with E-state index in [9.17, 15) is 4.39 Å². The molecule has 0 saturated carbocycles. The first-order valence-electron chi connectivity index (χ1n) is 8.54. The summed E-state index contributed by atoms with van der Waals surface area (Å²) < 4.78 is 13.0. The summed E-state index contributed by atoms with van der Waals surface area (Å²) in [4.78, 5) is 5.52. The zero-order chi connectivity index (χ0) is 18.5. The van der Waals surface area contributed by atoms with Gasteiger partial charge in [0.2, 0.25) is 0 Å². The Labute approximate surface area is 160 Å². The summed E-state index contributed by atoms with van der Waals surface area (Å²) in [6.07, 6.45) is 1.86. The molecule has 4 aromatic rings. The van der Waals surface area contributed by atoms with Gasteiger partial charge in [0, 0.05) is 23.7 Å². The molecule has 27 heavy (non-hydrogen) atoms. The summed E-state index contributed by atoms with van der Waals surface area (Å²) in [5.41, 5.74) is 2.95. The molecule has 0 aliphatic carbocycles. The van der Waals surface area contributed by atoms with Crippen LogP contribution in [-0.4, -0.2) is 15.2 Å². The Hall–Kier alpha value is -3.19. The molecule has 0 aliphatic heterocycles. The molecule has 0 bridgehead atoms. The van der Waals surface area contributed by atoms with Crippen molar-refractivity contribution in [3.8, 4) is 11.3 Å². The number of rotatable bonds is 7. The van der Waals surface area contributed by atoms with E-state index in [1.165, 1.54) is 17.7 Å². The van der Waals surface area contributed by atoms with Crippen LogP contribution in [0, 0.1) is 5.82 Å². The Kier molecular flexibility index (Phi) is 5.11. The van der Waals surface area contributed by atoms with Gasteiger partial charge in [0.15, 0.2) is 5.13 Å². The van der Waals surface area contributed by atoms with Gasteiger partial charge in [0.05, 0.1) is 12.2 Å². The van der Waals surface area contributed by atoms with Gasteiger partial charge in [-0.25, -0.2) is 9.37 Å². The van der Waals surface area contributed by atoms with Crippen molar-refractivity contribution < 1.29 is 4.39 Å². The van der Waals surface area contributed by atoms with Crippen LogP contribution < -0.4 is 10.6 Å². The highest BCUT2D eigenvalue weighted by molar-refractivity contribution is 7.15. The summed E-state index contributed by atoms with van der Waals surface area (Å²) in [7, 11) is 0. The minimum absolute atomic E-state index is 0.251. The average molecular weight is 379 g/mol. The largest absolute Gasteiger partial charge is 0.364 e. The quantitative estimate of drug-likeness (QED) is 0.427. The maximum Gasteiger partial charge on any atom is 0.183 e. The van der Waals surface area contributed by atoms with E-state index in [4.69, 9.17) is 0 Å². The van der Waals surface area contributed by atoms with Crippen molar-refractivity contribution in [2.45, 2.75) is 13.1 Å². The van der Waals surface area contributed by atoms with Crippen LogP contribution in [0.2, 0.25) is 0 Å². The van der Waals surface area contributed by atoms with Gasteiger partial charge in [-0.3, -0.25) is 5.10 Å². The van der Waals surface area contributed by atoms with E-state index in [0.29, 0.717) is 6.54 Å². The van der Waals surface area contributed by atoms with E-state index in [0.717, 1.165) is 33.6 Å².